The first kappa shape index (κ1) is 6.35. The third kappa shape index (κ3) is 1.35. The summed E-state index contributed by atoms with van der Waals surface area (Å²) in [5.74, 6) is 0.522. The first-order valence-corrected chi connectivity index (χ1v) is 4.35. The van der Waals surface area contributed by atoms with E-state index in [0.29, 0.717) is 5.75 Å². The maximum Gasteiger partial charge on any atom is 0.0543 e. The van der Waals surface area contributed by atoms with Crippen LogP contribution in [0.4, 0.5) is 0 Å². The number of nitrogens with one attached hydrogen (secondary N) is 1. The molecule has 1 aliphatic heterocycles. The third-order valence-electron chi connectivity index (χ3n) is 1.23. The first-order chi connectivity index (χ1) is 3.60. The van der Waals surface area contributed by atoms with Crippen molar-refractivity contribution in [3.8, 4) is 0 Å². The summed E-state index contributed by atoms with van der Waals surface area (Å²) in [5, 5.41) is 0. The number of hydrogen-bond donors (Lipinski definition) is 3. The topological polar surface area (TPSA) is 52.5 Å². The third-order valence-corrected chi connectivity index (χ3v) is 2.81. The van der Waals surface area contributed by atoms with Gasteiger partial charge in [0, 0.05) is 6.04 Å². The molecular formula is C4H11NO2S. The molecule has 3 N–H and O–H groups in total. The normalized spacial score (nSPS) is 39.6. The number of hydrogen-bond acceptors (Lipinski definition) is 3. The lowest BCUT2D eigenvalue weighted by Gasteiger charge is -2.26. The maximum atomic E-state index is 8.89. The fourth-order valence-electron chi connectivity index (χ4n) is 0.781. The molecule has 0 aromatic heterocycles. The van der Waals surface area contributed by atoms with Crippen molar-refractivity contribution in [2.24, 2.45) is 0 Å². The molecule has 0 spiro atoms. The van der Waals surface area contributed by atoms with Crippen molar-refractivity contribution in [1.29, 1.82) is 0 Å². The van der Waals surface area contributed by atoms with E-state index in [1.54, 1.807) is 0 Å². The van der Waals surface area contributed by atoms with Gasteiger partial charge in [0.1, 0.15) is 0 Å². The summed E-state index contributed by atoms with van der Waals surface area (Å²) in [6, 6.07) is 0.278. The summed E-state index contributed by atoms with van der Waals surface area (Å²) in [6.45, 7) is 1.95. The van der Waals surface area contributed by atoms with Crippen LogP contribution in [-0.2, 0) is 0 Å². The molecule has 50 valence electrons. The highest BCUT2D eigenvalue weighted by Gasteiger charge is 2.23. The van der Waals surface area contributed by atoms with Crippen LogP contribution >= 0.6 is 10.8 Å². The molecule has 0 amide bonds. The van der Waals surface area contributed by atoms with Crippen LogP contribution in [-0.4, -0.2) is 20.9 Å². The molecule has 1 atom stereocenters. The lowest BCUT2D eigenvalue weighted by molar-refractivity contribution is 0.479. The molecule has 0 aromatic rings. The second-order valence-corrected chi connectivity index (χ2v) is 4.16. The highest BCUT2D eigenvalue weighted by atomic mass is 32.3. The Labute approximate surface area is 50.6 Å². The number of rotatable bonds is 0. The summed E-state index contributed by atoms with van der Waals surface area (Å²) < 4.78 is 20.5. The lowest BCUT2D eigenvalue weighted by Crippen LogP contribution is -2.19. The fraction of sp³-hybridized carbons (Fsp3) is 1.00. The van der Waals surface area contributed by atoms with Gasteiger partial charge in [-0.3, -0.25) is 9.11 Å². The van der Waals surface area contributed by atoms with Crippen LogP contribution in [0.2, 0.25) is 0 Å². The average molecular weight is 137 g/mol. The molecule has 0 saturated carbocycles. The summed E-state index contributed by atoms with van der Waals surface area (Å²) in [7, 11) is -2.35. The van der Waals surface area contributed by atoms with Crippen LogP contribution in [0.3, 0.4) is 0 Å². The summed E-state index contributed by atoms with van der Waals surface area (Å²) >= 11 is 0. The van der Waals surface area contributed by atoms with Gasteiger partial charge < -0.3 is 0 Å². The van der Waals surface area contributed by atoms with E-state index in [-0.39, 0.29) is 6.04 Å². The van der Waals surface area contributed by atoms with E-state index in [4.69, 9.17) is 9.11 Å². The van der Waals surface area contributed by atoms with Crippen molar-refractivity contribution in [2.75, 3.05) is 5.75 Å². The van der Waals surface area contributed by atoms with Crippen LogP contribution in [0, 0.1) is 0 Å². The minimum absolute atomic E-state index is 0.278. The Morgan fingerprint density at radius 2 is 2.25 bits per heavy atom. The largest absolute Gasteiger partial charge is 0.286 e. The van der Waals surface area contributed by atoms with Gasteiger partial charge in [0.05, 0.1) is 5.75 Å². The zero-order chi connectivity index (χ0) is 6.20. The van der Waals surface area contributed by atoms with E-state index in [2.05, 4.69) is 4.72 Å². The summed E-state index contributed by atoms with van der Waals surface area (Å²) in [6.07, 6.45) is 0.877. The molecular weight excluding hydrogens is 126 g/mol. The van der Waals surface area contributed by atoms with Crippen LogP contribution in [0.5, 0.6) is 0 Å². The summed E-state index contributed by atoms with van der Waals surface area (Å²) in [5.41, 5.74) is 0. The molecule has 1 rings (SSSR count). The van der Waals surface area contributed by atoms with E-state index < -0.39 is 10.8 Å². The van der Waals surface area contributed by atoms with Gasteiger partial charge in [0.25, 0.3) is 0 Å². The van der Waals surface area contributed by atoms with Gasteiger partial charge >= 0.3 is 0 Å². The van der Waals surface area contributed by atoms with Crippen molar-refractivity contribution in [2.45, 2.75) is 19.4 Å². The van der Waals surface area contributed by atoms with Gasteiger partial charge in [-0.25, -0.2) is 4.72 Å². The highest BCUT2D eigenvalue weighted by molar-refractivity contribution is 8.22. The molecule has 1 saturated heterocycles. The molecule has 8 heavy (non-hydrogen) atoms. The zero-order valence-corrected chi connectivity index (χ0v) is 5.61. The van der Waals surface area contributed by atoms with Gasteiger partial charge in [-0.15, -0.1) is 10.8 Å². The quantitative estimate of drug-likeness (QED) is 0.467. The second kappa shape index (κ2) is 1.88. The van der Waals surface area contributed by atoms with Crippen LogP contribution in [0.1, 0.15) is 13.3 Å². The van der Waals surface area contributed by atoms with Crippen molar-refractivity contribution >= 4 is 10.8 Å². The monoisotopic (exact) mass is 137 g/mol. The van der Waals surface area contributed by atoms with Crippen molar-refractivity contribution in [3.63, 3.8) is 0 Å². The SMILES string of the molecule is CC1CCS(O)(O)N1. The maximum absolute atomic E-state index is 8.89. The second-order valence-electron chi connectivity index (χ2n) is 2.18. The van der Waals surface area contributed by atoms with Crippen LogP contribution in [0.25, 0.3) is 0 Å². The molecule has 0 radical (unpaired) electrons. The molecule has 1 fully saturated rings. The first-order valence-electron chi connectivity index (χ1n) is 2.63. The van der Waals surface area contributed by atoms with Gasteiger partial charge in [0.2, 0.25) is 0 Å². The molecule has 0 aliphatic carbocycles. The Kier molecular flexibility index (Phi) is 1.49. The summed E-state index contributed by atoms with van der Waals surface area (Å²) in [4.78, 5) is 0. The molecule has 4 heteroatoms. The molecule has 1 aliphatic rings. The molecule has 1 heterocycles. The predicted molar refractivity (Wildman–Crippen MR) is 34.9 cm³/mol. The molecule has 0 bridgehead atoms. The van der Waals surface area contributed by atoms with Crippen molar-refractivity contribution in [1.82, 2.24) is 4.72 Å². The van der Waals surface area contributed by atoms with Crippen LogP contribution < -0.4 is 4.72 Å². The Balaban J connectivity index is 2.44. The smallest absolute Gasteiger partial charge is 0.0543 e. The van der Waals surface area contributed by atoms with Gasteiger partial charge in [0.15, 0.2) is 0 Å². The fourth-order valence-corrected chi connectivity index (χ4v) is 2.34. The Hall–Kier alpha value is 0.230. The van der Waals surface area contributed by atoms with E-state index in [0.717, 1.165) is 6.42 Å². The standard InChI is InChI=1S/C4H11NO2S/c1-4-2-3-8(6,7)5-4/h4-7H,2-3H2,1H3. The van der Waals surface area contributed by atoms with E-state index in [9.17, 15) is 0 Å². The minimum Gasteiger partial charge on any atom is -0.286 e. The minimum atomic E-state index is -2.35. The van der Waals surface area contributed by atoms with Crippen molar-refractivity contribution in [3.05, 3.63) is 0 Å². The van der Waals surface area contributed by atoms with Crippen LogP contribution in [0.15, 0.2) is 0 Å². The van der Waals surface area contributed by atoms with E-state index >= 15 is 0 Å². The molecule has 1 unspecified atom stereocenters. The Morgan fingerprint density at radius 3 is 2.38 bits per heavy atom. The van der Waals surface area contributed by atoms with Gasteiger partial charge in [-0.1, -0.05) is 0 Å². The zero-order valence-electron chi connectivity index (χ0n) is 4.79. The van der Waals surface area contributed by atoms with E-state index in [1.165, 1.54) is 0 Å². The Morgan fingerprint density at radius 1 is 1.62 bits per heavy atom. The van der Waals surface area contributed by atoms with Gasteiger partial charge in [-0.05, 0) is 13.3 Å². The molecule has 3 nitrogen and oxygen atoms in total. The lowest BCUT2D eigenvalue weighted by atomic mass is 10.3. The highest BCUT2D eigenvalue weighted by Crippen LogP contribution is 2.40. The van der Waals surface area contributed by atoms with Gasteiger partial charge in [-0.2, -0.15) is 0 Å². The van der Waals surface area contributed by atoms with Crippen molar-refractivity contribution < 1.29 is 9.11 Å². The molecule has 0 aromatic carbocycles. The predicted octanol–water partition coefficient (Wildman–Crippen LogP) is 1.03. The Bertz CT molecular complexity index is 96.0. The average Bonchev–Trinajstić information content (AvgIpc) is 1.82. The van der Waals surface area contributed by atoms with E-state index in [1.807, 2.05) is 6.92 Å².